The molecule has 1 aromatic carbocycles. The Kier molecular flexibility index (Phi) is 6.81. The first kappa shape index (κ1) is 15.0. The fourth-order valence-electron chi connectivity index (χ4n) is 2.02. The number of benzene rings is 1. The average Bonchev–Trinajstić information content (AvgIpc) is 2.40. The summed E-state index contributed by atoms with van der Waals surface area (Å²) >= 11 is 5.94. The largest absolute Gasteiger partial charge is 0.352 e. The van der Waals surface area contributed by atoms with Gasteiger partial charge in [0.05, 0.1) is 0 Å². The molecule has 0 aliphatic heterocycles. The normalized spacial score (nSPS) is 12.4. The van der Waals surface area contributed by atoms with Crippen LogP contribution in [-0.2, 0) is 11.2 Å². The highest BCUT2D eigenvalue weighted by molar-refractivity contribution is 6.18. The van der Waals surface area contributed by atoms with Crippen molar-refractivity contribution in [3.63, 3.8) is 0 Å². The van der Waals surface area contributed by atoms with Gasteiger partial charge in [0, 0.05) is 17.8 Å². The average molecular weight is 268 g/mol. The van der Waals surface area contributed by atoms with Crippen LogP contribution in [0.25, 0.3) is 0 Å². The highest BCUT2D eigenvalue weighted by Gasteiger charge is 2.18. The summed E-state index contributed by atoms with van der Waals surface area (Å²) in [7, 11) is 0. The van der Waals surface area contributed by atoms with E-state index in [9.17, 15) is 4.79 Å². The van der Waals surface area contributed by atoms with E-state index in [1.54, 1.807) is 0 Å². The summed E-state index contributed by atoms with van der Waals surface area (Å²) in [5, 5.41) is 3.05. The number of amides is 1. The van der Waals surface area contributed by atoms with Gasteiger partial charge in [-0.3, -0.25) is 4.79 Å². The molecule has 0 aromatic heterocycles. The lowest BCUT2D eigenvalue weighted by molar-refractivity contribution is -0.125. The van der Waals surface area contributed by atoms with Gasteiger partial charge < -0.3 is 5.32 Å². The number of nitrogens with one attached hydrogen (secondary N) is 1. The zero-order valence-corrected chi connectivity index (χ0v) is 11.9. The van der Waals surface area contributed by atoms with Gasteiger partial charge >= 0.3 is 0 Å². The standard InChI is InChI=1S/C15H22ClNO/c1-3-13(4-2)15(18)17-14(11-16)10-12-8-6-5-7-9-12/h5-9,13-14H,3-4,10-11H2,1-2H3,(H,17,18). The van der Waals surface area contributed by atoms with Crippen molar-refractivity contribution >= 4 is 17.5 Å². The summed E-state index contributed by atoms with van der Waals surface area (Å²) in [5.74, 6) is 0.675. The summed E-state index contributed by atoms with van der Waals surface area (Å²) in [4.78, 5) is 12.0. The fraction of sp³-hybridized carbons (Fsp3) is 0.533. The Morgan fingerprint density at radius 2 is 1.83 bits per heavy atom. The summed E-state index contributed by atoms with van der Waals surface area (Å²) in [6.07, 6.45) is 2.54. The minimum absolute atomic E-state index is 0.0159. The molecular formula is C15H22ClNO. The quantitative estimate of drug-likeness (QED) is 0.754. The van der Waals surface area contributed by atoms with Crippen LogP contribution in [0.4, 0.5) is 0 Å². The Morgan fingerprint density at radius 3 is 2.33 bits per heavy atom. The van der Waals surface area contributed by atoms with E-state index in [0.717, 1.165) is 19.3 Å². The highest BCUT2D eigenvalue weighted by Crippen LogP contribution is 2.10. The van der Waals surface area contributed by atoms with Crippen LogP contribution in [0, 0.1) is 5.92 Å². The summed E-state index contributed by atoms with van der Waals surface area (Å²) in [6.45, 7) is 4.08. The van der Waals surface area contributed by atoms with Gasteiger partial charge in [-0.2, -0.15) is 0 Å². The number of rotatable bonds is 7. The first-order chi connectivity index (χ1) is 8.71. The lowest BCUT2D eigenvalue weighted by atomic mass is 10.0. The number of carbonyl (C=O) groups is 1. The first-order valence-electron chi connectivity index (χ1n) is 6.61. The molecule has 1 N–H and O–H groups in total. The van der Waals surface area contributed by atoms with Crippen LogP contribution >= 0.6 is 11.6 Å². The Labute approximate surface area is 115 Å². The second-order valence-electron chi connectivity index (χ2n) is 4.56. The molecule has 0 saturated heterocycles. The van der Waals surface area contributed by atoms with Gasteiger partial charge in [0.25, 0.3) is 0 Å². The maximum absolute atomic E-state index is 12.0. The molecule has 1 unspecified atom stereocenters. The van der Waals surface area contributed by atoms with E-state index in [2.05, 4.69) is 17.4 Å². The number of halogens is 1. The second kappa shape index (κ2) is 8.15. The molecule has 1 amide bonds. The Morgan fingerprint density at radius 1 is 1.22 bits per heavy atom. The molecular weight excluding hydrogens is 246 g/mol. The van der Waals surface area contributed by atoms with E-state index < -0.39 is 0 Å². The fourth-order valence-corrected chi connectivity index (χ4v) is 2.21. The number of hydrogen-bond donors (Lipinski definition) is 1. The molecule has 1 aromatic rings. The van der Waals surface area contributed by atoms with Crippen molar-refractivity contribution in [1.82, 2.24) is 5.32 Å². The first-order valence-corrected chi connectivity index (χ1v) is 7.14. The van der Waals surface area contributed by atoms with Crippen LogP contribution in [0.2, 0.25) is 0 Å². The van der Waals surface area contributed by atoms with Crippen molar-refractivity contribution in [3.05, 3.63) is 35.9 Å². The van der Waals surface area contributed by atoms with Gasteiger partial charge in [0.15, 0.2) is 0 Å². The molecule has 18 heavy (non-hydrogen) atoms. The maximum Gasteiger partial charge on any atom is 0.223 e. The Balaban J connectivity index is 2.54. The predicted molar refractivity (Wildman–Crippen MR) is 76.9 cm³/mol. The molecule has 0 spiro atoms. The summed E-state index contributed by atoms with van der Waals surface area (Å²) in [6, 6.07) is 10.1. The minimum Gasteiger partial charge on any atom is -0.352 e. The third-order valence-electron chi connectivity index (χ3n) is 3.21. The van der Waals surface area contributed by atoms with Gasteiger partial charge in [-0.05, 0) is 24.8 Å². The van der Waals surface area contributed by atoms with E-state index in [0.29, 0.717) is 5.88 Å². The van der Waals surface area contributed by atoms with Gasteiger partial charge in [-0.15, -0.1) is 11.6 Å². The van der Waals surface area contributed by atoms with Crippen LogP contribution in [0.15, 0.2) is 30.3 Å². The van der Waals surface area contributed by atoms with Gasteiger partial charge in [0.1, 0.15) is 0 Å². The van der Waals surface area contributed by atoms with E-state index in [1.165, 1.54) is 5.56 Å². The van der Waals surface area contributed by atoms with E-state index in [1.807, 2.05) is 32.0 Å². The van der Waals surface area contributed by atoms with Gasteiger partial charge in [0.2, 0.25) is 5.91 Å². The highest BCUT2D eigenvalue weighted by atomic mass is 35.5. The lowest BCUT2D eigenvalue weighted by Crippen LogP contribution is -2.41. The van der Waals surface area contributed by atoms with Crippen molar-refractivity contribution in [3.8, 4) is 0 Å². The van der Waals surface area contributed by atoms with Crippen molar-refractivity contribution in [2.24, 2.45) is 5.92 Å². The predicted octanol–water partition coefficient (Wildman–Crippen LogP) is 3.39. The Bertz CT molecular complexity index is 349. The van der Waals surface area contributed by atoms with Crippen molar-refractivity contribution in [1.29, 1.82) is 0 Å². The maximum atomic E-state index is 12.0. The summed E-state index contributed by atoms with van der Waals surface area (Å²) in [5.41, 5.74) is 1.20. The number of carbonyl (C=O) groups excluding carboxylic acids is 1. The van der Waals surface area contributed by atoms with Crippen LogP contribution in [0.3, 0.4) is 0 Å². The SMILES string of the molecule is CCC(CC)C(=O)NC(CCl)Cc1ccccc1. The molecule has 1 atom stereocenters. The van der Waals surface area contributed by atoms with Gasteiger partial charge in [-0.1, -0.05) is 44.2 Å². The molecule has 1 rings (SSSR count). The topological polar surface area (TPSA) is 29.1 Å². The third-order valence-corrected chi connectivity index (χ3v) is 3.59. The molecule has 0 fully saturated rings. The van der Waals surface area contributed by atoms with E-state index in [-0.39, 0.29) is 17.9 Å². The smallest absolute Gasteiger partial charge is 0.223 e. The van der Waals surface area contributed by atoms with E-state index in [4.69, 9.17) is 11.6 Å². The van der Waals surface area contributed by atoms with Gasteiger partial charge in [-0.25, -0.2) is 0 Å². The molecule has 0 aliphatic rings. The van der Waals surface area contributed by atoms with Crippen molar-refractivity contribution in [2.45, 2.75) is 39.2 Å². The molecule has 2 nitrogen and oxygen atoms in total. The molecule has 3 heteroatoms. The molecule has 0 aliphatic carbocycles. The van der Waals surface area contributed by atoms with Crippen LogP contribution in [0.1, 0.15) is 32.3 Å². The molecule has 0 saturated carbocycles. The number of alkyl halides is 1. The molecule has 0 radical (unpaired) electrons. The van der Waals surface area contributed by atoms with Crippen LogP contribution in [0.5, 0.6) is 0 Å². The summed E-state index contributed by atoms with van der Waals surface area (Å²) < 4.78 is 0. The van der Waals surface area contributed by atoms with Crippen molar-refractivity contribution in [2.75, 3.05) is 5.88 Å². The van der Waals surface area contributed by atoms with Crippen molar-refractivity contribution < 1.29 is 4.79 Å². The molecule has 100 valence electrons. The minimum atomic E-state index is 0.0159. The molecule has 0 heterocycles. The second-order valence-corrected chi connectivity index (χ2v) is 4.87. The number of hydrogen-bond acceptors (Lipinski definition) is 1. The lowest BCUT2D eigenvalue weighted by Gasteiger charge is -2.20. The monoisotopic (exact) mass is 267 g/mol. The van der Waals surface area contributed by atoms with E-state index >= 15 is 0 Å². The zero-order valence-electron chi connectivity index (χ0n) is 11.2. The Hall–Kier alpha value is -1.02. The third kappa shape index (κ3) is 4.69. The van der Waals surface area contributed by atoms with Crippen LogP contribution in [-0.4, -0.2) is 17.8 Å². The zero-order chi connectivity index (χ0) is 13.4. The molecule has 0 bridgehead atoms. The van der Waals surface area contributed by atoms with Crippen LogP contribution < -0.4 is 5.32 Å².